The number of ether oxygens (including phenoxy) is 3. The van der Waals surface area contributed by atoms with Crippen molar-refractivity contribution in [3.8, 4) is 5.75 Å². The number of hydrogen-bond donors (Lipinski definition) is 3. The molecule has 11 heteroatoms. The van der Waals surface area contributed by atoms with Gasteiger partial charge in [-0.2, -0.15) is 0 Å². The Kier molecular flexibility index (Phi) is 12.2. The van der Waals surface area contributed by atoms with Crippen LogP contribution in [0.4, 0.5) is 10.5 Å². The van der Waals surface area contributed by atoms with E-state index in [2.05, 4.69) is 26.6 Å². The van der Waals surface area contributed by atoms with Gasteiger partial charge in [-0.05, 0) is 57.4 Å². The number of amides is 2. The van der Waals surface area contributed by atoms with Crippen LogP contribution in [-0.4, -0.2) is 52.1 Å². The molecule has 0 aliphatic rings. The number of hydrogen-bond acceptors (Lipinski definition) is 8. The number of aromatic hydroxyl groups is 1. The Morgan fingerprint density at radius 1 is 1.00 bits per heavy atom. The highest BCUT2D eigenvalue weighted by Crippen LogP contribution is 2.26. The fourth-order valence-corrected chi connectivity index (χ4v) is 3.67. The number of carbonyl (C=O) groups excluding carboxylic acids is 4. The molecular weight excluding hydrogens is 572 g/mol. The molecule has 2 atom stereocenters. The van der Waals surface area contributed by atoms with E-state index in [4.69, 9.17) is 14.2 Å². The molecule has 0 radical (unpaired) electrons. The normalized spacial score (nSPS) is 12.5. The fourth-order valence-electron chi connectivity index (χ4n) is 3.33. The molecule has 0 aliphatic heterocycles. The Balaban J connectivity index is 1.98. The van der Waals surface area contributed by atoms with E-state index in [1.165, 1.54) is 12.1 Å². The third-order valence-corrected chi connectivity index (χ3v) is 6.02. The van der Waals surface area contributed by atoms with Crippen LogP contribution < -0.4 is 10.6 Å². The number of nitrogens with one attached hydrogen (secondary N) is 2. The summed E-state index contributed by atoms with van der Waals surface area (Å²) in [6, 6.07) is 12.6. The zero-order chi connectivity index (χ0) is 29.0. The van der Waals surface area contributed by atoms with Crippen molar-refractivity contribution >= 4 is 45.6 Å². The van der Waals surface area contributed by atoms with Crippen molar-refractivity contribution in [2.45, 2.75) is 70.0 Å². The summed E-state index contributed by atoms with van der Waals surface area (Å²) in [4.78, 5) is 48.8. The molecule has 0 aromatic heterocycles. The van der Waals surface area contributed by atoms with Crippen molar-refractivity contribution in [2.24, 2.45) is 0 Å². The molecule has 0 saturated heterocycles. The van der Waals surface area contributed by atoms with Crippen molar-refractivity contribution in [1.82, 2.24) is 5.32 Å². The third kappa shape index (κ3) is 11.8. The fraction of sp³-hybridized carbons (Fsp3) is 0.429. The highest BCUT2D eigenvalue weighted by atomic mass is 79.9. The number of carbonyl (C=O) groups is 4. The van der Waals surface area contributed by atoms with Crippen LogP contribution in [-0.2, 0) is 41.6 Å². The van der Waals surface area contributed by atoms with Crippen LogP contribution in [0.2, 0.25) is 0 Å². The van der Waals surface area contributed by atoms with Gasteiger partial charge in [0.05, 0.1) is 17.1 Å². The predicted octanol–water partition coefficient (Wildman–Crippen LogP) is 4.62. The number of anilines is 1. The third-order valence-electron chi connectivity index (χ3n) is 5.15. The number of alkyl halides is 1. The van der Waals surface area contributed by atoms with Gasteiger partial charge in [0, 0.05) is 12.8 Å². The lowest BCUT2D eigenvalue weighted by Gasteiger charge is -2.23. The van der Waals surface area contributed by atoms with Crippen molar-refractivity contribution in [2.75, 3.05) is 11.9 Å². The molecule has 0 bridgehead atoms. The molecule has 0 fully saturated rings. The molecule has 3 N–H and O–H groups in total. The summed E-state index contributed by atoms with van der Waals surface area (Å²) < 4.78 is 15.5. The van der Waals surface area contributed by atoms with Gasteiger partial charge in [0.2, 0.25) is 5.91 Å². The van der Waals surface area contributed by atoms with Crippen molar-refractivity contribution in [3.05, 3.63) is 59.7 Å². The highest BCUT2D eigenvalue weighted by Gasteiger charge is 2.26. The molecule has 39 heavy (non-hydrogen) atoms. The maximum atomic E-state index is 12.7. The van der Waals surface area contributed by atoms with E-state index >= 15 is 0 Å². The predicted molar refractivity (Wildman–Crippen MR) is 148 cm³/mol. The summed E-state index contributed by atoms with van der Waals surface area (Å²) in [6.07, 6.45) is -0.575. The SMILES string of the molecule is CCOC(=O)[C@H](Cc1ccc(O)c(NC(=O)[C@@H](Br)CCC(=O)OCc2ccccc2)c1)NC(=O)OC(C)(C)C. The second kappa shape index (κ2) is 15.1. The number of halogens is 1. The first-order chi connectivity index (χ1) is 18.4. The molecule has 0 aliphatic carbocycles. The van der Waals surface area contributed by atoms with Crippen molar-refractivity contribution < 1.29 is 38.5 Å². The first-order valence-electron chi connectivity index (χ1n) is 12.5. The summed E-state index contributed by atoms with van der Waals surface area (Å²) in [5.74, 6) is -1.76. The smallest absolute Gasteiger partial charge is 0.408 e. The van der Waals surface area contributed by atoms with Crippen molar-refractivity contribution in [3.63, 3.8) is 0 Å². The molecule has 0 unspecified atom stereocenters. The van der Waals surface area contributed by atoms with E-state index in [0.717, 1.165) is 5.56 Å². The number of phenolic OH excluding ortho intramolecular Hbond substituents is 1. The van der Waals surface area contributed by atoms with E-state index in [1.54, 1.807) is 33.8 Å². The summed E-state index contributed by atoms with van der Waals surface area (Å²) >= 11 is 3.27. The van der Waals surface area contributed by atoms with Gasteiger partial charge in [-0.25, -0.2) is 9.59 Å². The Hall–Kier alpha value is -3.60. The zero-order valence-electron chi connectivity index (χ0n) is 22.5. The molecule has 0 spiro atoms. The highest BCUT2D eigenvalue weighted by molar-refractivity contribution is 9.10. The van der Waals surface area contributed by atoms with Gasteiger partial charge in [0.1, 0.15) is 24.0 Å². The van der Waals surface area contributed by atoms with Gasteiger partial charge >= 0.3 is 18.0 Å². The summed E-state index contributed by atoms with van der Waals surface area (Å²) in [5, 5.41) is 15.4. The summed E-state index contributed by atoms with van der Waals surface area (Å²) in [7, 11) is 0. The van der Waals surface area contributed by atoms with Crippen LogP contribution in [0.25, 0.3) is 0 Å². The first-order valence-corrected chi connectivity index (χ1v) is 13.4. The molecule has 0 saturated carbocycles. The van der Waals surface area contributed by atoms with Crippen LogP contribution in [0.15, 0.2) is 48.5 Å². The molecule has 2 rings (SSSR count). The standard InChI is InChI=1S/C28H35BrN2O8/c1-5-37-26(35)22(31-27(36)39-28(2,3)4)16-19-11-13-23(32)21(15-19)30-25(34)20(29)12-14-24(33)38-17-18-9-7-6-8-10-18/h6-11,13,15,20,22,32H,5,12,14,16-17H2,1-4H3,(H,30,34)(H,31,36)/t20-,22-/m0/s1. The number of phenols is 1. The minimum absolute atomic E-state index is 0.0136. The minimum Gasteiger partial charge on any atom is -0.506 e. The molecule has 2 aromatic carbocycles. The largest absolute Gasteiger partial charge is 0.506 e. The van der Waals surface area contributed by atoms with E-state index in [0.29, 0.717) is 5.56 Å². The van der Waals surface area contributed by atoms with E-state index in [9.17, 15) is 24.3 Å². The summed E-state index contributed by atoms with van der Waals surface area (Å²) in [5.41, 5.74) is 0.742. The Morgan fingerprint density at radius 2 is 1.69 bits per heavy atom. The van der Waals surface area contributed by atoms with Gasteiger partial charge in [0.15, 0.2) is 0 Å². The number of rotatable bonds is 12. The van der Waals surface area contributed by atoms with Crippen molar-refractivity contribution in [1.29, 1.82) is 0 Å². The molecule has 2 amide bonds. The van der Waals surface area contributed by atoms with Gasteiger partial charge in [-0.15, -0.1) is 0 Å². The number of benzene rings is 2. The zero-order valence-corrected chi connectivity index (χ0v) is 24.1. The maximum Gasteiger partial charge on any atom is 0.408 e. The van der Waals surface area contributed by atoms with Crippen LogP contribution in [0.1, 0.15) is 51.7 Å². The van der Waals surface area contributed by atoms with Crippen LogP contribution >= 0.6 is 15.9 Å². The quantitative estimate of drug-likeness (QED) is 0.138. The van der Waals surface area contributed by atoms with Gasteiger partial charge in [0.25, 0.3) is 0 Å². The van der Waals surface area contributed by atoms with E-state index < -0.39 is 40.4 Å². The Morgan fingerprint density at radius 3 is 2.33 bits per heavy atom. The first kappa shape index (κ1) is 31.6. The van der Waals surface area contributed by atoms with Gasteiger partial charge in [-0.1, -0.05) is 52.3 Å². The average Bonchev–Trinajstić information content (AvgIpc) is 2.87. The molecular formula is C28H35BrN2O8. The van der Waals surface area contributed by atoms with E-state index in [-0.39, 0.29) is 43.9 Å². The summed E-state index contributed by atoms with van der Waals surface area (Å²) in [6.45, 7) is 7.02. The lowest BCUT2D eigenvalue weighted by atomic mass is 10.0. The minimum atomic E-state index is -1.06. The Labute approximate surface area is 236 Å². The Bertz CT molecular complexity index is 1130. The molecule has 10 nitrogen and oxygen atoms in total. The lowest BCUT2D eigenvalue weighted by Crippen LogP contribution is -2.45. The maximum absolute atomic E-state index is 12.7. The number of esters is 2. The van der Waals surface area contributed by atoms with Gasteiger partial charge in [-0.3, -0.25) is 9.59 Å². The topological polar surface area (TPSA) is 140 Å². The molecule has 0 heterocycles. The van der Waals surface area contributed by atoms with Gasteiger partial charge < -0.3 is 30.0 Å². The number of alkyl carbamates (subject to hydrolysis) is 1. The van der Waals surface area contributed by atoms with Crippen LogP contribution in [0.3, 0.4) is 0 Å². The van der Waals surface area contributed by atoms with Crippen LogP contribution in [0, 0.1) is 0 Å². The monoisotopic (exact) mass is 606 g/mol. The molecule has 2 aromatic rings. The lowest BCUT2D eigenvalue weighted by molar-refractivity contribution is -0.146. The average molecular weight is 607 g/mol. The van der Waals surface area contributed by atoms with Crippen LogP contribution in [0.5, 0.6) is 5.75 Å². The van der Waals surface area contributed by atoms with E-state index in [1.807, 2.05) is 30.3 Å². The molecule has 212 valence electrons. The second-order valence-electron chi connectivity index (χ2n) is 9.65. The second-order valence-corrected chi connectivity index (χ2v) is 10.8.